The molecule has 2 aromatic heterocycles. The summed E-state index contributed by atoms with van der Waals surface area (Å²) in [5, 5.41) is 15.9. The number of rotatable bonds is 4. The minimum absolute atomic E-state index is 0.320. The molecule has 0 aliphatic rings. The van der Waals surface area contributed by atoms with E-state index in [0.717, 1.165) is 17.8 Å². The van der Waals surface area contributed by atoms with E-state index in [-0.39, 0.29) is 5.91 Å². The Balaban J connectivity index is 2.09. The highest BCUT2D eigenvalue weighted by molar-refractivity contribution is 7.15. The van der Waals surface area contributed by atoms with E-state index in [9.17, 15) is 4.79 Å². The summed E-state index contributed by atoms with van der Waals surface area (Å²) in [5.74, 6) is 0.00518. The number of nitrogen functional groups attached to an aromatic ring is 1. The zero-order chi connectivity index (χ0) is 13.1. The summed E-state index contributed by atoms with van der Waals surface area (Å²) < 4.78 is 1.44. The van der Waals surface area contributed by atoms with Crippen molar-refractivity contribution >= 4 is 28.2 Å². The molecule has 2 rings (SSSR count). The predicted molar refractivity (Wildman–Crippen MR) is 69.5 cm³/mol. The van der Waals surface area contributed by atoms with Gasteiger partial charge in [0.1, 0.15) is 16.4 Å². The molecule has 0 aliphatic carbocycles. The molecule has 7 nitrogen and oxygen atoms in total. The monoisotopic (exact) mass is 266 g/mol. The molecule has 2 aromatic rings. The fraction of sp³-hybridized carbons (Fsp3) is 0.400. The highest BCUT2D eigenvalue weighted by Gasteiger charge is 2.15. The van der Waals surface area contributed by atoms with Gasteiger partial charge in [-0.1, -0.05) is 18.3 Å². The smallest absolute Gasteiger partial charge is 0.262 e. The van der Waals surface area contributed by atoms with Crippen LogP contribution < -0.4 is 11.1 Å². The fourth-order valence-electron chi connectivity index (χ4n) is 1.41. The molecule has 0 saturated carbocycles. The Morgan fingerprint density at radius 2 is 2.33 bits per heavy atom. The molecule has 2 heterocycles. The van der Waals surface area contributed by atoms with Gasteiger partial charge in [-0.15, -0.1) is 10.2 Å². The maximum Gasteiger partial charge on any atom is 0.262 e. The van der Waals surface area contributed by atoms with Gasteiger partial charge in [-0.2, -0.15) is 5.10 Å². The third kappa shape index (κ3) is 2.48. The average molecular weight is 266 g/mol. The average Bonchev–Trinajstić information content (AvgIpc) is 2.89. The number of anilines is 2. The van der Waals surface area contributed by atoms with Crippen LogP contribution in [-0.4, -0.2) is 25.9 Å². The van der Waals surface area contributed by atoms with E-state index in [1.807, 2.05) is 0 Å². The number of hydrogen-bond acceptors (Lipinski definition) is 6. The first-order valence-corrected chi connectivity index (χ1v) is 6.34. The van der Waals surface area contributed by atoms with Crippen LogP contribution in [0.1, 0.15) is 28.7 Å². The molecule has 18 heavy (non-hydrogen) atoms. The van der Waals surface area contributed by atoms with E-state index in [0.29, 0.717) is 16.5 Å². The van der Waals surface area contributed by atoms with Gasteiger partial charge in [0.15, 0.2) is 0 Å². The molecule has 96 valence electrons. The Morgan fingerprint density at radius 1 is 1.56 bits per heavy atom. The molecule has 0 spiro atoms. The molecule has 8 heteroatoms. The lowest BCUT2D eigenvalue weighted by atomic mass is 10.3. The Bertz CT molecular complexity index is 560. The quantitative estimate of drug-likeness (QED) is 0.862. The Hall–Kier alpha value is -1.96. The SMILES string of the molecule is CCCc1nnc(NC(=O)c2cnn(C)c2N)s1. The summed E-state index contributed by atoms with van der Waals surface area (Å²) in [6.45, 7) is 2.07. The van der Waals surface area contributed by atoms with Crippen molar-refractivity contribution in [2.45, 2.75) is 19.8 Å². The number of nitrogens with two attached hydrogens (primary N) is 1. The van der Waals surface area contributed by atoms with E-state index in [1.54, 1.807) is 7.05 Å². The lowest BCUT2D eigenvalue weighted by Gasteiger charge is -1.99. The van der Waals surface area contributed by atoms with Crippen LogP contribution in [0.3, 0.4) is 0 Å². The molecule has 0 unspecified atom stereocenters. The summed E-state index contributed by atoms with van der Waals surface area (Å²) >= 11 is 1.37. The highest BCUT2D eigenvalue weighted by atomic mass is 32.1. The highest BCUT2D eigenvalue weighted by Crippen LogP contribution is 2.18. The molecular weight excluding hydrogens is 252 g/mol. The van der Waals surface area contributed by atoms with Crippen molar-refractivity contribution in [2.75, 3.05) is 11.1 Å². The second-order valence-corrected chi connectivity index (χ2v) is 4.83. The Kier molecular flexibility index (Phi) is 3.56. The third-order valence-electron chi connectivity index (χ3n) is 2.38. The molecule has 0 radical (unpaired) electrons. The van der Waals surface area contributed by atoms with Crippen LogP contribution in [0.15, 0.2) is 6.20 Å². The number of hydrogen-bond donors (Lipinski definition) is 2. The molecular formula is C10H14N6OS. The Labute approximate surface area is 108 Å². The van der Waals surface area contributed by atoms with Crippen LogP contribution in [0.4, 0.5) is 10.9 Å². The number of carbonyl (C=O) groups excluding carboxylic acids is 1. The van der Waals surface area contributed by atoms with E-state index in [2.05, 4.69) is 27.5 Å². The molecule has 0 saturated heterocycles. The number of amides is 1. The van der Waals surface area contributed by atoms with Crippen molar-refractivity contribution in [3.63, 3.8) is 0 Å². The summed E-state index contributed by atoms with van der Waals surface area (Å²) in [5.41, 5.74) is 6.05. The molecule has 0 aromatic carbocycles. The van der Waals surface area contributed by atoms with Crippen molar-refractivity contribution in [1.29, 1.82) is 0 Å². The standard InChI is InChI=1S/C10H14N6OS/c1-3-4-7-14-15-10(18-7)13-9(17)6-5-12-16(2)8(6)11/h5H,3-4,11H2,1-2H3,(H,13,15,17). The van der Waals surface area contributed by atoms with Gasteiger partial charge >= 0.3 is 0 Å². The third-order valence-corrected chi connectivity index (χ3v) is 3.28. The first-order valence-electron chi connectivity index (χ1n) is 5.53. The van der Waals surface area contributed by atoms with Crippen molar-refractivity contribution in [2.24, 2.45) is 7.05 Å². The predicted octanol–water partition coefficient (Wildman–Crippen LogP) is 1.06. The van der Waals surface area contributed by atoms with Crippen LogP contribution in [-0.2, 0) is 13.5 Å². The maximum absolute atomic E-state index is 11.9. The van der Waals surface area contributed by atoms with Gasteiger partial charge in [0.25, 0.3) is 5.91 Å². The zero-order valence-electron chi connectivity index (χ0n) is 10.2. The number of carbonyl (C=O) groups is 1. The fourth-order valence-corrected chi connectivity index (χ4v) is 2.24. The van der Waals surface area contributed by atoms with Gasteiger partial charge in [-0.25, -0.2) is 0 Å². The first kappa shape index (κ1) is 12.5. The van der Waals surface area contributed by atoms with Gasteiger partial charge in [0.05, 0.1) is 6.20 Å². The summed E-state index contributed by atoms with van der Waals surface area (Å²) in [7, 11) is 1.68. The van der Waals surface area contributed by atoms with Crippen LogP contribution in [0.5, 0.6) is 0 Å². The Morgan fingerprint density at radius 3 is 2.94 bits per heavy atom. The first-order chi connectivity index (χ1) is 8.61. The van der Waals surface area contributed by atoms with E-state index >= 15 is 0 Å². The number of aromatic nitrogens is 4. The second kappa shape index (κ2) is 5.13. The van der Waals surface area contributed by atoms with E-state index < -0.39 is 0 Å². The zero-order valence-corrected chi connectivity index (χ0v) is 11.0. The van der Waals surface area contributed by atoms with Crippen molar-refractivity contribution in [3.05, 3.63) is 16.8 Å². The van der Waals surface area contributed by atoms with Gasteiger partial charge in [-0.05, 0) is 6.42 Å². The molecule has 0 atom stereocenters. The second-order valence-electron chi connectivity index (χ2n) is 3.77. The van der Waals surface area contributed by atoms with Gasteiger partial charge in [0, 0.05) is 13.5 Å². The van der Waals surface area contributed by atoms with Crippen LogP contribution in [0, 0.1) is 0 Å². The molecule has 1 amide bonds. The minimum Gasteiger partial charge on any atom is -0.383 e. The summed E-state index contributed by atoms with van der Waals surface area (Å²) in [6, 6.07) is 0. The maximum atomic E-state index is 11.9. The van der Waals surface area contributed by atoms with Crippen LogP contribution >= 0.6 is 11.3 Å². The van der Waals surface area contributed by atoms with Crippen molar-refractivity contribution in [3.8, 4) is 0 Å². The molecule has 0 bridgehead atoms. The number of aryl methyl sites for hydroxylation is 2. The van der Waals surface area contributed by atoms with Crippen molar-refractivity contribution < 1.29 is 4.79 Å². The lowest BCUT2D eigenvalue weighted by Crippen LogP contribution is -2.13. The molecule has 3 N–H and O–H groups in total. The van der Waals surface area contributed by atoms with Crippen molar-refractivity contribution in [1.82, 2.24) is 20.0 Å². The molecule has 0 aliphatic heterocycles. The van der Waals surface area contributed by atoms with Crippen LogP contribution in [0.25, 0.3) is 0 Å². The van der Waals surface area contributed by atoms with E-state index in [1.165, 1.54) is 22.2 Å². The van der Waals surface area contributed by atoms with Gasteiger partial charge in [-0.3, -0.25) is 14.8 Å². The van der Waals surface area contributed by atoms with E-state index in [4.69, 9.17) is 5.73 Å². The number of nitrogens with zero attached hydrogens (tertiary/aromatic N) is 4. The normalized spacial score (nSPS) is 10.6. The minimum atomic E-state index is -0.320. The molecule has 0 fully saturated rings. The topological polar surface area (TPSA) is 98.7 Å². The van der Waals surface area contributed by atoms with Gasteiger partial charge in [0.2, 0.25) is 5.13 Å². The largest absolute Gasteiger partial charge is 0.383 e. The summed E-state index contributed by atoms with van der Waals surface area (Å²) in [6.07, 6.45) is 3.29. The lowest BCUT2D eigenvalue weighted by molar-refractivity contribution is 0.102. The van der Waals surface area contributed by atoms with Crippen LogP contribution in [0.2, 0.25) is 0 Å². The summed E-state index contributed by atoms with van der Waals surface area (Å²) in [4.78, 5) is 11.9. The number of nitrogens with one attached hydrogen (secondary N) is 1. The van der Waals surface area contributed by atoms with Gasteiger partial charge < -0.3 is 5.73 Å².